The summed E-state index contributed by atoms with van der Waals surface area (Å²) in [6, 6.07) is 0. The van der Waals surface area contributed by atoms with E-state index in [4.69, 9.17) is 0 Å². The molecule has 0 atom stereocenters. The molecule has 0 aromatic rings. The Kier molecular flexibility index (Phi) is 22.5. The molecule has 0 N–H and O–H groups in total. The second-order valence-corrected chi connectivity index (χ2v) is 7.71. The Bertz CT molecular complexity index is 228. The molecule has 0 unspecified atom stereocenters. The van der Waals surface area contributed by atoms with Crippen LogP contribution >= 0.6 is 0 Å². The average molecular weight is 337 g/mol. The van der Waals surface area contributed by atoms with Crippen LogP contribution in [0.5, 0.6) is 0 Å². The summed E-state index contributed by atoms with van der Waals surface area (Å²) in [6.07, 6.45) is 33.4. The maximum Gasteiger partial charge on any atom is -0.0351 e. The molecule has 0 bridgehead atoms. The average Bonchev–Trinajstić information content (AvgIpc) is 2.60. The summed E-state index contributed by atoms with van der Waals surface area (Å²) < 4.78 is 0. The predicted molar refractivity (Wildman–Crippen MR) is 113 cm³/mol. The first-order chi connectivity index (χ1) is 11.9. The Morgan fingerprint density at radius 1 is 0.333 bits per heavy atom. The van der Waals surface area contributed by atoms with E-state index < -0.39 is 0 Å². The van der Waals surface area contributed by atoms with E-state index >= 15 is 0 Å². The Balaban J connectivity index is 2.99. The molecular weight excluding hydrogens is 288 g/mol. The summed E-state index contributed by atoms with van der Waals surface area (Å²) in [5, 5.41) is 0. The van der Waals surface area contributed by atoms with Crippen molar-refractivity contribution in [2.24, 2.45) is 0 Å². The van der Waals surface area contributed by atoms with E-state index in [1.807, 2.05) is 0 Å². The van der Waals surface area contributed by atoms with E-state index in [2.05, 4.69) is 26.0 Å². The Morgan fingerprint density at radius 3 is 1.00 bits per heavy atom. The van der Waals surface area contributed by atoms with Crippen LogP contribution in [0.3, 0.4) is 0 Å². The highest BCUT2D eigenvalue weighted by atomic mass is 14.0. The highest BCUT2D eigenvalue weighted by Crippen LogP contribution is 2.14. The minimum atomic E-state index is 1.29. The summed E-state index contributed by atoms with van der Waals surface area (Å²) in [6.45, 7) is 4.57. The lowest BCUT2D eigenvalue weighted by Crippen LogP contribution is -1.83. The highest BCUT2D eigenvalue weighted by molar-refractivity contribution is 4.81. The van der Waals surface area contributed by atoms with Crippen molar-refractivity contribution < 1.29 is 0 Å². The van der Waals surface area contributed by atoms with Crippen LogP contribution in [-0.2, 0) is 0 Å². The highest BCUT2D eigenvalue weighted by Gasteiger charge is 1.94. The second-order valence-electron chi connectivity index (χ2n) is 7.71. The fourth-order valence-corrected chi connectivity index (χ4v) is 3.37. The normalized spacial score (nSPS) is 11.6. The zero-order valence-electron chi connectivity index (χ0n) is 17.3. The van der Waals surface area contributed by atoms with Crippen molar-refractivity contribution in [3.05, 3.63) is 12.2 Å². The number of hydrogen-bond donors (Lipinski definition) is 0. The van der Waals surface area contributed by atoms with Crippen LogP contribution in [0.25, 0.3) is 0 Å². The summed E-state index contributed by atoms with van der Waals surface area (Å²) in [7, 11) is 0. The molecule has 0 nitrogen and oxygen atoms in total. The van der Waals surface area contributed by atoms with Gasteiger partial charge in [-0.1, -0.05) is 135 Å². The molecule has 0 heterocycles. The zero-order valence-corrected chi connectivity index (χ0v) is 17.3. The van der Waals surface area contributed by atoms with E-state index in [0.717, 1.165) is 0 Å². The fraction of sp³-hybridized carbons (Fsp3) is 0.917. The molecule has 0 aromatic carbocycles. The second kappa shape index (κ2) is 22.7. The van der Waals surface area contributed by atoms with Crippen LogP contribution in [0, 0.1) is 0 Å². The molecule has 0 aliphatic carbocycles. The van der Waals surface area contributed by atoms with E-state index in [-0.39, 0.29) is 0 Å². The monoisotopic (exact) mass is 336 g/mol. The molecule has 144 valence electrons. The zero-order chi connectivity index (χ0) is 17.6. The molecule has 0 spiro atoms. The third kappa shape index (κ3) is 21.7. The van der Waals surface area contributed by atoms with Gasteiger partial charge in [0.25, 0.3) is 0 Å². The minimum Gasteiger partial charge on any atom is -0.0885 e. The van der Waals surface area contributed by atoms with Crippen LogP contribution in [0.4, 0.5) is 0 Å². The number of unbranched alkanes of at least 4 members (excludes halogenated alkanes) is 18. The van der Waals surface area contributed by atoms with Crippen molar-refractivity contribution in [2.45, 2.75) is 142 Å². The third-order valence-electron chi connectivity index (χ3n) is 5.12. The lowest BCUT2D eigenvalue weighted by molar-refractivity contribution is 0.530. The molecule has 0 heteroatoms. The number of rotatable bonds is 20. The van der Waals surface area contributed by atoms with Crippen molar-refractivity contribution in [1.29, 1.82) is 0 Å². The van der Waals surface area contributed by atoms with Crippen LogP contribution in [0.15, 0.2) is 12.2 Å². The molecule has 0 aliphatic heterocycles. The first kappa shape index (κ1) is 23.7. The molecule has 0 aliphatic rings. The van der Waals surface area contributed by atoms with Gasteiger partial charge in [0.2, 0.25) is 0 Å². The van der Waals surface area contributed by atoms with Crippen molar-refractivity contribution in [2.75, 3.05) is 0 Å². The van der Waals surface area contributed by atoms with Gasteiger partial charge in [-0.3, -0.25) is 0 Å². The molecule has 0 saturated carbocycles. The van der Waals surface area contributed by atoms with Gasteiger partial charge in [-0.05, 0) is 19.3 Å². The van der Waals surface area contributed by atoms with E-state index in [1.165, 1.54) is 128 Å². The third-order valence-corrected chi connectivity index (χ3v) is 5.12. The lowest BCUT2D eigenvalue weighted by atomic mass is 10.0. The van der Waals surface area contributed by atoms with Crippen LogP contribution < -0.4 is 0 Å². The molecule has 0 radical (unpaired) electrons. The largest absolute Gasteiger partial charge is 0.0885 e. The van der Waals surface area contributed by atoms with Gasteiger partial charge in [0.05, 0.1) is 0 Å². The molecule has 24 heavy (non-hydrogen) atoms. The van der Waals surface area contributed by atoms with Crippen molar-refractivity contribution >= 4 is 0 Å². The van der Waals surface area contributed by atoms with Gasteiger partial charge in [-0.15, -0.1) is 0 Å². The van der Waals surface area contributed by atoms with Gasteiger partial charge in [0.1, 0.15) is 0 Å². The van der Waals surface area contributed by atoms with Gasteiger partial charge in [0, 0.05) is 0 Å². The summed E-state index contributed by atoms with van der Waals surface area (Å²) in [5.74, 6) is 0. The summed E-state index contributed by atoms with van der Waals surface area (Å²) in [5.41, 5.74) is 0. The first-order valence-corrected chi connectivity index (χ1v) is 11.6. The maximum absolute atomic E-state index is 2.40. The topological polar surface area (TPSA) is 0 Å². The molecule has 0 saturated heterocycles. The van der Waals surface area contributed by atoms with Gasteiger partial charge >= 0.3 is 0 Å². The molecule has 0 fully saturated rings. The van der Waals surface area contributed by atoms with Crippen LogP contribution in [0.1, 0.15) is 142 Å². The summed E-state index contributed by atoms with van der Waals surface area (Å²) in [4.78, 5) is 0. The summed E-state index contributed by atoms with van der Waals surface area (Å²) >= 11 is 0. The van der Waals surface area contributed by atoms with Gasteiger partial charge < -0.3 is 0 Å². The van der Waals surface area contributed by atoms with Crippen molar-refractivity contribution in [3.63, 3.8) is 0 Å². The number of hydrogen-bond acceptors (Lipinski definition) is 0. The van der Waals surface area contributed by atoms with Gasteiger partial charge in [0.15, 0.2) is 0 Å². The standard InChI is InChI=1S/C24H48/c1-3-5-7-9-11-13-15-17-19-21-23-24-22-20-18-16-14-12-10-8-6-4-2/h9,11H,3-8,10,12-24H2,1-2H3. The fourth-order valence-electron chi connectivity index (χ4n) is 3.37. The molecular formula is C24H48. The van der Waals surface area contributed by atoms with E-state index in [0.29, 0.717) is 0 Å². The smallest absolute Gasteiger partial charge is 0.0351 e. The molecule has 0 amide bonds. The molecule has 0 rings (SSSR count). The van der Waals surface area contributed by atoms with Crippen LogP contribution in [-0.4, -0.2) is 0 Å². The maximum atomic E-state index is 2.40. The predicted octanol–water partition coefficient (Wildman–Crippen LogP) is 9.38. The number of allylic oxidation sites excluding steroid dienone is 2. The van der Waals surface area contributed by atoms with Gasteiger partial charge in [-0.2, -0.15) is 0 Å². The quantitative estimate of drug-likeness (QED) is 0.153. The Labute approximate surface area is 154 Å². The van der Waals surface area contributed by atoms with Crippen molar-refractivity contribution in [3.8, 4) is 0 Å². The minimum absolute atomic E-state index is 1.29. The molecule has 0 aromatic heterocycles. The van der Waals surface area contributed by atoms with Gasteiger partial charge in [-0.25, -0.2) is 0 Å². The first-order valence-electron chi connectivity index (χ1n) is 11.6. The SMILES string of the molecule is CCCCC=CCCCCCCCCCCCCCCCCCC. The van der Waals surface area contributed by atoms with Crippen molar-refractivity contribution in [1.82, 2.24) is 0 Å². The van der Waals surface area contributed by atoms with E-state index in [1.54, 1.807) is 0 Å². The Hall–Kier alpha value is -0.260. The van der Waals surface area contributed by atoms with E-state index in [9.17, 15) is 0 Å². The van der Waals surface area contributed by atoms with Crippen LogP contribution in [0.2, 0.25) is 0 Å². The lowest BCUT2D eigenvalue weighted by Gasteiger charge is -2.03. The Morgan fingerprint density at radius 2 is 0.625 bits per heavy atom.